The van der Waals surface area contributed by atoms with Crippen molar-refractivity contribution in [1.82, 2.24) is 9.97 Å². The Hall–Kier alpha value is -1.92. The first-order valence-corrected chi connectivity index (χ1v) is 8.66. The van der Waals surface area contributed by atoms with Crippen LogP contribution in [0.1, 0.15) is 49.9 Å². The van der Waals surface area contributed by atoms with Crippen molar-refractivity contribution in [3.05, 3.63) is 41.2 Å². The summed E-state index contributed by atoms with van der Waals surface area (Å²) in [6.45, 7) is 10.8. The molecule has 1 aliphatic rings. The average Bonchev–Trinajstić information content (AvgIpc) is 3.00. The molecule has 2 aromatic heterocycles. The monoisotopic (exact) mass is 345 g/mol. The van der Waals surface area contributed by atoms with Gasteiger partial charge < -0.3 is 18.8 Å². The summed E-state index contributed by atoms with van der Waals surface area (Å²) in [7, 11) is 1.68. The minimum absolute atomic E-state index is 0.0144. The summed E-state index contributed by atoms with van der Waals surface area (Å²) >= 11 is 0. The molecule has 1 saturated heterocycles. The molecule has 3 heterocycles. The fraction of sp³-hybridized carbons (Fsp3) is 0.579. The van der Waals surface area contributed by atoms with Crippen LogP contribution in [0.15, 0.2) is 22.6 Å². The van der Waals surface area contributed by atoms with E-state index in [1.54, 1.807) is 7.11 Å². The van der Waals surface area contributed by atoms with Crippen molar-refractivity contribution in [3.8, 4) is 0 Å². The Morgan fingerprint density at radius 3 is 2.72 bits per heavy atom. The van der Waals surface area contributed by atoms with Gasteiger partial charge in [0.25, 0.3) is 0 Å². The van der Waals surface area contributed by atoms with Crippen molar-refractivity contribution >= 4 is 5.82 Å². The Morgan fingerprint density at radius 1 is 1.28 bits per heavy atom. The molecule has 25 heavy (non-hydrogen) atoms. The summed E-state index contributed by atoms with van der Waals surface area (Å²) < 4.78 is 16.9. The highest BCUT2D eigenvalue weighted by atomic mass is 16.5. The van der Waals surface area contributed by atoms with Gasteiger partial charge >= 0.3 is 0 Å². The predicted octanol–water partition coefficient (Wildman–Crippen LogP) is 3.40. The van der Waals surface area contributed by atoms with Crippen LogP contribution in [-0.2, 0) is 21.5 Å². The van der Waals surface area contributed by atoms with E-state index in [4.69, 9.17) is 18.9 Å². The van der Waals surface area contributed by atoms with E-state index in [0.29, 0.717) is 19.8 Å². The van der Waals surface area contributed by atoms with Crippen molar-refractivity contribution in [2.24, 2.45) is 0 Å². The average molecular weight is 345 g/mol. The molecule has 0 radical (unpaired) electrons. The maximum Gasteiger partial charge on any atom is 0.136 e. The molecule has 0 amide bonds. The van der Waals surface area contributed by atoms with Crippen LogP contribution in [0.3, 0.4) is 0 Å². The lowest BCUT2D eigenvalue weighted by molar-refractivity contribution is 0.0869. The number of anilines is 1. The molecule has 0 N–H and O–H groups in total. The number of methoxy groups -OCH3 is 1. The van der Waals surface area contributed by atoms with Crippen LogP contribution in [0.25, 0.3) is 0 Å². The lowest BCUT2D eigenvalue weighted by Crippen LogP contribution is -2.40. The van der Waals surface area contributed by atoms with Crippen molar-refractivity contribution in [3.63, 3.8) is 0 Å². The van der Waals surface area contributed by atoms with Gasteiger partial charge in [-0.1, -0.05) is 20.8 Å². The molecule has 0 aromatic carbocycles. The minimum atomic E-state index is -0.137. The quantitative estimate of drug-likeness (QED) is 0.846. The largest absolute Gasteiger partial charge is 0.464 e. The van der Waals surface area contributed by atoms with E-state index < -0.39 is 0 Å². The van der Waals surface area contributed by atoms with E-state index >= 15 is 0 Å². The fourth-order valence-corrected chi connectivity index (χ4v) is 2.93. The first-order chi connectivity index (χ1) is 11.9. The Bertz CT molecular complexity index is 721. The van der Waals surface area contributed by atoms with Gasteiger partial charge in [-0.25, -0.2) is 9.97 Å². The highest BCUT2D eigenvalue weighted by Gasteiger charge is 2.30. The lowest BCUT2D eigenvalue weighted by Gasteiger charge is -2.36. The van der Waals surface area contributed by atoms with Gasteiger partial charge in [-0.15, -0.1) is 0 Å². The Morgan fingerprint density at radius 2 is 2.08 bits per heavy atom. The van der Waals surface area contributed by atoms with Crippen LogP contribution in [0.4, 0.5) is 5.82 Å². The second kappa shape index (κ2) is 7.14. The maximum absolute atomic E-state index is 5.86. The van der Waals surface area contributed by atoms with Crippen molar-refractivity contribution in [2.75, 3.05) is 31.8 Å². The standard InChI is InChI=1S/C19H27N3O3/c1-13-6-7-16(25-13)15-12-24-9-8-22(15)17-10-14(11-23-5)20-18(21-17)19(2,3)4/h6-7,10,15H,8-9,11-12H2,1-5H3. The first kappa shape index (κ1) is 17.9. The molecular weight excluding hydrogens is 318 g/mol. The number of hydrogen-bond donors (Lipinski definition) is 0. The number of aryl methyl sites for hydroxylation is 1. The molecule has 0 bridgehead atoms. The zero-order chi connectivity index (χ0) is 18.0. The molecule has 6 heteroatoms. The summed E-state index contributed by atoms with van der Waals surface area (Å²) in [4.78, 5) is 11.8. The summed E-state index contributed by atoms with van der Waals surface area (Å²) in [6, 6.07) is 6.02. The molecule has 1 unspecified atom stereocenters. The van der Waals surface area contributed by atoms with Crippen LogP contribution in [0.2, 0.25) is 0 Å². The highest BCUT2D eigenvalue weighted by molar-refractivity contribution is 5.44. The van der Waals surface area contributed by atoms with Gasteiger partial charge in [0.1, 0.15) is 29.2 Å². The maximum atomic E-state index is 5.86. The van der Waals surface area contributed by atoms with Gasteiger partial charge in [0.2, 0.25) is 0 Å². The molecule has 136 valence electrons. The van der Waals surface area contributed by atoms with Gasteiger partial charge in [0.05, 0.1) is 25.5 Å². The lowest BCUT2D eigenvalue weighted by atomic mass is 9.95. The van der Waals surface area contributed by atoms with Crippen molar-refractivity contribution < 1.29 is 13.9 Å². The van der Waals surface area contributed by atoms with E-state index in [1.165, 1.54) is 0 Å². The van der Waals surface area contributed by atoms with E-state index in [-0.39, 0.29) is 11.5 Å². The Labute approximate surface area is 149 Å². The predicted molar refractivity (Wildman–Crippen MR) is 95.8 cm³/mol. The SMILES string of the molecule is COCc1cc(N2CCOCC2c2ccc(C)o2)nc(C(C)(C)C)n1. The van der Waals surface area contributed by atoms with Crippen molar-refractivity contribution in [1.29, 1.82) is 0 Å². The molecular formula is C19H27N3O3. The summed E-state index contributed by atoms with van der Waals surface area (Å²) in [5.74, 6) is 3.52. The molecule has 2 aromatic rings. The molecule has 6 nitrogen and oxygen atoms in total. The zero-order valence-corrected chi connectivity index (χ0v) is 15.7. The minimum Gasteiger partial charge on any atom is -0.464 e. The van der Waals surface area contributed by atoms with Gasteiger partial charge in [-0.3, -0.25) is 0 Å². The Kier molecular flexibility index (Phi) is 5.11. The molecule has 1 aliphatic heterocycles. The number of morpholine rings is 1. The number of nitrogens with zero attached hydrogens (tertiary/aromatic N) is 3. The number of hydrogen-bond acceptors (Lipinski definition) is 6. The number of rotatable bonds is 4. The molecule has 0 saturated carbocycles. The number of furan rings is 1. The first-order valence-electron chi connectivity index (χ1n) is 8.66. The summed E-state index contributed by atoms with van der Waals surface area (Å²) in [5, 5.41) is 0. The zero-order valence-electron chi connectivity index (χ0n) is 15.7. The number of ether oxygens (including phenoxy) is 2. The smallest absolute Gasteiger partial charge is 0.136 e. The fourth-order valence-electron chi connectivity index (χ4n) is 2.93. The van der Waals surface area contributed by atoms with E-state index in [1.807, 2.05) is 25.1 Å². The molecule has 0 spiro atoms. The van der Waals surface area contributed by atoms with Gasteiger partial charge in [0, 0.05) is 25.1 Å². The molecule has 3 rings (SSSR count). The van der Waals surface area contributed by atoms with Gasteiger partial charge in [-0.2, -0.15) is 0 Å². The van der Waals surface area contributed by atoms with E-state index in [2.05, 4.69) is 30.7 Å². The van der Waals surface area contributed by atoms with E-state index in [0.717, 1.165) is 35.4 Å². The molecule has 1 atom stereocenters. The molecule has 1 fully saturated rings. The summed E-state index contributed by atoms with van der Waals surface area (Å²) in [5.41, 5.74) is 0.750. The third-order valence-electron chi connectivity index (χ3n) is 4.24. The van der Waals surface area contributed by atoms with Gasteiger partial charge in [-0.05, 0) is 19.1 Å². The molecule has 0 aliphatic carbocycles. The van der Waals surface area contributed by atoms with Crippen LogP contribution in [0.5, 0.6) is 0 Å². The number of aromatic nitrogens is 2. The Balaban J connectivity index is 2.01. The van der Waals surface area contributed by atoms with Crippen LogP contribution in [-0.4, -0.2) is 36.8 Å². The third-order valence-corrected chi connectivity index (χ3v) is 4.24. The topological polar surface area (TPSA) is 60.6 Å². The third kappa shape index (κ3) is 4.02. The normalized spacial score (nSPS) is 18.6. The van der Waals surface area contributed by atoms with Crippen LogP contribution < -0.4 is 4.90 Å². The van der Waals surface area contributed by atoms with Crippen LogP contribution in [0, 0.1) is 6.92 Å². The second-order valence-electron chi connectivity index (χ2n) is 7.46. The summed E-state index contributed by atoms with van der Waals surface area (Å²) in [6.07, 6.45) is 0. The second-order valence-corrected chi connectivity index (χ2v) is 7.46. The highest BCUT2D eigenvalue weighted by Crippen LogP contribution is 2.31. The van der Waals surface area contributed by atoms with Crippen LogP contribution >= 0.6 is 0 Å². The van der Waals surface area contributed by atoms with E-state index in [9.17, 15) is 0 Å². The van der Waals surface area contributed by atoms with Gasteiger partial charge in [0.15, 0.2) is 0 Å². The van der Waals surface area contributed by atoms with Crippen molar-refractivity contribution in [2.45, 2.75) is 45.8 Å².